The van der Waals surface area contributed by atoms with E-state index in [-0.39, 0.29) is 5.82 Å². The molecule has 0 heterocycles. The first kappa shape index (κ1) is 8.88. The topological polar surface area (TPSA) is 26.0 Å². The highest BCUT2D eigenvalue weighted by molar-refractivity contribution is 8.00. The molecule has 1 aliphatic carbocycles. The maximum absolute atomic E-state index is 12.9. The van der Waals surface area contributed by atoms with Gasteiger partial charge in [0.1, 0.15) is 5.82 Å². The predicted octanol–water partition coefficient (Wildman–Crippen LogP) is 3.05. The monoisotopic (exact) mass is 197 g/mol. The van der Waals surface area contributed by atoms with Gasteiger partial charge >= 0.3 is 0 Å². The van der Waals surface area contributed by atoms with Crippen LogP contribution in [0.25, 0.3) is 0 Å². The Morgan fingerprint density at radius 3 is 2.77 bits per heavy atom. The average Bonchev–Trinajstić information content (AvgIpc) is 2.03. The van der Waals surface area contributed by atoms with Crippen LogP contribution in [0.3, 0.4) is 0 Å². The molecule has 13 heavy (non-hydrogen) atoms. The second-order valence-corrected chi connectivity index (χ2v) is 4.70. The molecule has 0 radical (unpaired) electrons. The lowest BCUT2D eigenvalue weighted by atomic mass is 10.00. The summed E-state index contributed by atoms with van der Waals surface area (Å²) in [6, 6.07) is 4.56. The van der Waals surface area contributed by atoms with Crippen LogP contribution >= 0.6 is 11.8 Å². The summed E-state index contributed by atoms with van der Waals surface area (Å²) < 4.78 is 12.9. The lowest BCUT2D eigenvalue weighted by Gasteiger charge is -2.24. The summed E-state index contributed by atoms with van der Waals surface area (Å²) in [4.78, 5) is 0.893. The molecule has 2 N–H and O–H groups in total. The zero-order valence-electron chi connectivity index (χ0n) is 7.29. The molecule has 0 spiro atoms. The van der Waals surface area contributed by atoms with Crippen LogP contribution in [-0.2, 0) is 0 Å². The minimum atomic E-state index is -0.198. The molecule has 0 amide bonds. The number of benzene rings is 1. The number of hydrogen-bond donors (Lipinski definition) is 1. The van der Waals surface area contributed by atoms with Crippen LogP contribution < -0.4 is 5.73 Å². The molecule has 0 bridgehead atoms. The van der Waals surface area contributed by atoms with Gasteiger partial charge in [0.05, 0.1) is 0 Å². The largest absolute Gasteiger partial charge is 0.398 e. The predicted molar refractivity (Wildman–Crippen MR) is 54.3 cm³/mol. The van der Waals surface area contributed by atoms with E-state index in [2.05, 4.69) is 0 Å². The smallest absolute Gasteiger partial charge is 0.124 e. The van der Waals surface area contributed by atoms with E-state index in [1.807, 2.05) is 0 Å². The first-order valence-corrected chi connectivity index (χ1v) is 5.35. The molecular formula is C10H12FNS. The number of rotatable bonds is 2. The van der Waals surface area contributed by atoms with Gasteiger partial charge in [-0.15, -0.1) is 11.8 Å². The minimum absolute atomic E-state index is 0.198. The summed E-state index contributed by atoms with van der Waals surface area (Å²) in [7, 11) is 0. The summed E-state index contributed by atoms with van der Waals surface area (Å²) in [5.74, 6) is -0.198. The normalized spacial score (nSPS) is 17.0. The van der Waals surface area contributed by atoms with Gasteiger partial charge in [0, 0.05) is 15.8 Å². The first-order valence-electron chi connectivity index (χ1n) is 4.47. The van der Waals surface area contributed by atoms with Crippen LogP contribution in [0, 0.1) is 5.82 Å². The second-order valence-electron chi connectivity index (χ2n) is 3.35. The van der Waals surface area contributed by atoms with Gasteiger partial charge in [0.15, 0.2) is 0 Å². The number of thioether (sulfide) groups is 1. The Morgan fingerprint density at radius 1 is 1.38 bits per heavy atom. The van der Waals surface area contributed by atoms with E-state index in [0.717, 1.165) is 4.90 Å². The fraction of sp³-hybridized carbons (Fsp3) is 0.400. The Morgan fingerprint density at radius 2 is 2.15 bits per heavy atom. The third-order valence-corrected chi connectivity index (χ3v) is 3.73. The lowest BCUT2D eigenvalue weighted by molar-refractivity contribution is 0.522. The molecule has 3 heteroatoms. The van der Waals surface area contributed by atoms with Gasteiger partial charge < -0.3 is 5.73 Å². The maximum atomic E-state index is 12.9. The highest BCUT2D eigenvalue weighted by Gasteiger charge is 2.19. The van der Waals surface area contributed by atoms with E-state index in [9.17, 15) is 4.39 Å². The molecule has 0 unspecified atom stereocenters. The zero-order valence-corrected chi connectivity index (χ0v) is 8.11. The standard InChI is InChI=1S/C10H12FNS/c11-7-4-5-9(12)10(6-7)13-8-2-1-3-8/h4-6,8H,1-3,12H2. The SMILES string of the molecule is Nc1ccc(F)cc1SC1CCC1. The number of nitrogen functional groups attached to an aromatic ring is 1. The Hall–Kier alpha value is -0.700. The van der Waals surface area contributed by atoms with Gasteiger partial charge in [-0.25, -0.2) is 4.39 Å². The van der Waals surface area contributed by atoms with Crippen LogP contribution in [0.5, 0.6) is 0 Å². The Kier molecular flexibility index (Phi) is 2.44. The first-order chi connectivity index (χ1) is 6.25. The number of hydrogen-bond acceptors (Lipinski definition) is 2. The maximum Gasteiger partial charge on any atom is 0.124 e. The van der Waals surface area contributed by atoms with Gasteiger partial charge in [-0.05, 0) is 31.0 Å². The Labute approximate surface area is 81.5 Å². The van der Waals surface area contributed by atoms with Crippen LogP contribution in [0.1, 0.15) is 19.3 Å². The van der Waals surface area contributed by atoms with E-state index < -0.39 is 0 Å². The zero-order chi connectivity index (χ0) is 9.26. The van der Waals surface area contributed by atoms with Crippen molar-refractivity contribution in [3.05, 3.63) is 24.0 Å². The molecule has 0 atom stereocenters. The van der Waals surface area contributed by atoms with E-state index in [1.165, 1.54) is 31.4 Å². The number of halogens is 1. The van der Waals surface area contributed by atoms with Gasteiger partial charge in [0.2, 0.25) is 0 Å². The summed E-state index contributed by atoms with van der Waals surface area (Å²) in [6.45, 7) is 0. The summed E-state index contributed by atoms with van der Waals surface area (Å²) in [5.41, 5.74) is 6.42. The Balaban J connectivity index is 2.13. The molecule has 0 saturated heterocycles. The van der Waals surface area contributed by atoms with Crippen molar-refractivity contribution >= 4 is 17.4 Å². The molecule has 1 fully saturated rings. The van der Waals surface area contributed by atoms with E-state index in [4.69, 9.17) is 5.73 Å². The van der Waals surface area contributed by atoms with Crippen molar-refractivity contribution in [1.82, 2.24) is 0 Å². The highest BCUT2D eigenvalue weighted by atomic mass is 32.2. The van der Waals surface area contributed by atoms with Crippen LogP contribution in [-0.4, -0.2) is 5.25 Å². The fourth-order valence-electron chi connectivity index (χ4n) is 1.28. The minimum Gasteiger partial charge on any atom is -0.398 e. The van der Waals surface area contributed by atoms with Gasteiger partial charge in [0.25, 0.3) is 0 Å². The van der Waals surface area contributed by atoms with Crippen molar-refractivity contribution in [1.29, 1.82) is 0 Å². The molecule has 1 aromatic carbocycles. The average molecular weight is 197 g/mol. The molecular weight excluding hydrogens is 185 g/mol. The van der Waals surface area contributed by atoms with Crippen molar-refractivity contribution < 1.29 is 4.39 Å². The van der Waals surface area contributed by atoms with Crippen molar-refractivity contribution in [3.63, 3.8) is 0 Å². The summed E-state index contributed by atoms with van der Waals surface area (Å²) >= 11 is 1.71. The molecule has 0 aliphatic heterocycles. The highest BCUT2D eigenvalue weighted by Crippen LogP contribution is 2.38. The molecule has 1 nitrogen and oxygen atoms in total. The van der Waals surface area contributed by atoms with Crippen LogP contribution in [0.4, 0.5) is 10.1 Å². The van der Waals surface area contributed by atoms with Gasteiger partial charge in [-0.3, -0.25) is 0 Å². The Bertz CT molecular complexity index is 310. The molecule has 70 valence electrons. The third-order valence-electron chi connectivity index (χ3n) is 2.32. The van der Waals surface area contributed by atoms with E-state index >= 15 is 0 Å². The number of nitrogens with two attached hydrogens (primary N) is 1. The molecule has 1 aliphatic rings. The fourth-order valence-corrected chi connectivity index (χ4v) is 2.59. The number of anilines is 1. The molecule has 1 aromatic rings. The van der Waals surface area contributed by atoms with Crippen molar-refractivity contribution in [2.45, 2.75) is 29.4 Å². The van der Waals surface area contributed by atoms with Crippen molar-refractivity contribution in [3.8, 4) is 0 Å². The molecule has 0 aromatic heterocycles. The van der Waals surface area contributed by atoms with E-state index in [0.29, 0.717) is 10.9 Å². The van der Waals surface area contributed by atoms with Crippen LogP contribution in [0.15, 0.2) is 23.1 Å². The summed E-state index contributed by atoms with van der Waals surface area (Å²) in [6.07, 6.45) is 3.77. The van der Waals surface area contributed by atoms with Gasteiger partial charge in [-0.2, -0.15) is 0 Å². The summed E-state index contributed by atoms with van der Waals surface area (Å²) in [5, 5.41) is 0.657. The molecule has 2 rings (SSSR count). The lowest BCUT2D eigenvalue weighted by Crippen LogP contribution is -2.13. The second kappa shape index (κ2) is 3.58. The third kappa shape index (κ3) is 1.97. The quantitative estimate of drug-likeness (QED) is 0.737. The van der Waals surface area contributed by atoms with Crippen molar-refractivity contribution in [2.75, 3.05) is 5.73 Å². The van der Waals surface area contributed by atoms with Gasteiger partial charge in [-0.1, -0.05) is 6.42 Å². The molecule has 1 saturated carbocycles. The van der Waals surface area contributed by atoms with Crippen molar-refractivity contribution in [2.24, 2.45) is 0 Å². The van der Waals surface area contributed by atoms with E-state index in [1.54, 1.807) is 17.8 Å². The van der Waals surface area contributed by atoms with Crippen LogP contribution in [0.2, 0.25) is 0 Å².